The van der Waals surface area contributed by atoms with Crippen LogP contribution in [0.4, 0.5) is 0 Å². The lowest BCUT2D eigenvalue weighted by molar-refractivity contribution is -0.0261. The minimum Gasteiger partial charge on any atom is -0.374 e. The Kier molecular flexibility index (Phi) is 4.04. The first-order valence-electron chi connectivity index (χ1n) is 5.71. The third kappa shape index (κ3) is 3.01. The minimum atomic E-state index is 0.103. The van der Waals surface area contributed by atoms with Crippen LogP contribution in [-0.2, 0) is 11.3 Å². The molecule has 90 valence electrons. The van der Waals surface area contributed by atoms with Gasteiger partial charge in [-0.3, -0.25) is 4.90 Å². The van der Waals surface area contributed by atoms with Crippen molar-refractivity contribution >= 4 is 0 Å². The summed E-state index contributed by atoms with van der Waals surface area (Å²) in [6, 6.07) is 5.92. The fourth-order valence-electron chi connectivity index (χ4n) is 1.97. The second kappa shape index (κ2) is 5.73. The predicted octanol–water partition coefficient (Wildman–Crippen LogP) is 0.113. The molecular weight excluding hydrogens is 216 g/mol. The van der Waals surface area contributed by atoms with Gasteiger partial charge in [-0.15, -0.1) is 0 Å². The Morgan fingerprint density at radius 1 is 1.65 bits per heavy atom. The fraction of sp³-hybridized carbons (Fsp3) is 0.500. The van der Waals surface area contributed by atoms with Crippen molar-refractivity contribution in [1.29, 1.82) is 5.26 Å². The number of aromatic nitrogens is 1. The van der Waals surface area contributed by atoms with E-state index in [0.717, 1.165) is 25.2 Å². The van der Waals surface area contributed by atoms with Crippen LogP contribution in [0.25, 0.3) is 0 Å². The monoisotopic (exact) mass is 232 g/mol. The average Bonchev–Trinajstić information content (AvgIpc) is 2.39. The number of hydrogen-bond acceptors (Lipinski definition) is 5. The Balaban J connectivity index is 2.03. The first kappa shape index (κ1) is 12.0. The summed E-state index contributed by atoms with van der Waals surface area (Å²) < 4.78 is 5.50. The summed E-state index contributed by atoms with van der Waals surface area (Å²) in [5.74, 6) is 0. The molecule has 5 heteroatoms. The lowest BCUT2D eigenvalue weighted by Crippen LogP contribution is -2.45. The van der Waals surface area contributed by atoms with Crippen molar-refractivity contribution in [2.75, 3.05) is 26.2 Å². The van der Waals surface area contributed by atoms with Crippen molar-refractivity contribution in [2.24, 2.45) is 5.73 Å². The first-order valence-corrected chi connectivity index (χ1v) is 5.71. The molecule has 1 aliphatic rings. The van der Waals surface area contributed by atoms with Crippen LogP contribution in [0.5, 0.6) is 0 Å². The van der Waals surface area contributed by atoms with Gasteiger partial charge >= 0.3 is 0 Å². The van der Waals surface area contributed by atoms with Crippen LogP contribution in [0.2, 0.25) is 0 Å². The maximum atomic E-state index is 8.97. The van der Waals surface area contributed by atoms with E-state index in [9.17, 15) is 0 Å². The Hall–Kier alpha value is -1.48. The molecule has 0 aromatic carbocycles. The van der Waals surface area contributed by atoms with Crippen LogP contribution >= 0.6 is 0 Å². The highest BCUT2D eigenvalue weighted by atomic mass is 16.5. The molecule has 1 aromatic heterocycles. The molecule has 0 amide bonds. The average molecular weight is 232 g/mol. The Morgan fingerprint density at radius 3 is 3.29 bits per heavy atom. The van der Waals surface area contributed by atoms with Crippen LogP contribution in [0, 0.1) is 11.3 Å². The van der Waals surface area contributed by atoms with Crippen molar-refractivity contribution in [3.8, 4) is 6.07 Å². The van der Waals surface area contributed by atoms with Crippen molar-refractivity contribution in [3.05, 3.63) is 29.6 Å². The smallest absolute Gasteiger partial charge is 0.144 e. The highest BCUT2D eigenvalue weighted by molar-refractivity contribution is 5.30. The summed E-state index contributed by atoms with van der Waals surface area (Å²) >= 11 is 0. The Morgan fingerprint density at radius 2 is 2.53 bits per heavy atom. The van der Waals surface area contributed by atoms with Gasteiger partial charge in [0, 0.05) is 37.9 Å². The first-order chi connectivity index (χ1) is 8.33. The van der Waals surface area contributed by atoms with E-state index in [1.165, 1.54) is 0 Å². The molecular formula is C12H16N4O. The molecule has 1 fully saturated rings. The van der Waals surface area contributed by atoms with E-state index in [4.69, 9.17) is 15.7 Å². The van der Waals surface area contributed by atoms with Crippen molar-refractivity contribution in [1.82, 2.24) is 9.88 Å². The molecule has 5 nitrogen and oxygen atoms in total. The van der Waals surface area contributed by atoms with Crippen LogP contribution in [0.3, 0.4) is 0 Å². The number of ether oxygens (including phenoxy) is 1. The number of pyridine rings is 1. The van der Waals surface area contributed by atoms with Gasteiger partial charge in [0.25, 0.3) is 0 Å². The van der Waals surface area contributed by atoms with Gasteiger partial charge in [0.2, 0.25) is 0 Å². The molecule has 0 saturated carbocycles. The van der Waals surface area contributed by atoms with Gasteiger partial charge < -0.3 is 10.5 Å². The van der Waals surface area contributed by atoms with Crippen LogP contribution in [0.15, 0.2) is 18.3 Å². The lowest BCUT2D eigenvalue weighted by Gasteiger charge is -2.32. The standard InChI is InChI=1S/C12H16N4O/c13-6-11-9-16(4-5-17-11)8-10-2-1-3-15-12(10)7-14/h1-3,11H,4-6,8-9,13H2. The van der Waals surface area contributed by atoms with E-state index in [2.05, 4.69) is 16.0 Å². The molecule has 1 aromatic rings. The largest absolute Gasteiger partial charge is 0.374 e. The van der Waals surface area contributed by atoms with Gasteiger partial charge in [0.15, 0.2) is 0 Å². The topological polar surface area (TPSA) is 75.2 Å². The van der Waals surface area contributed by atoms with E-state index in [-0.39, 0.29) is 6.10 Å². The number of rotatable bonds is 3. The third-order valence-corrected chi connectivity index (χ3v) is 2.88. The van der Waals surface area contributed by atoms with Crippen LogP contribution in [0.1, 0.15) is 11.3 Å². The van der Waals surface area contributed by atoms with Crippen molar-refractivity contribution in [3.63, 3.8) is 0 Å². The van der Waals surface area contributed by atoms with E-state index in [1.807, 2.05) is 12.1 Å². The van der Waals surface area contributed by atoms with Gasteiger partial charge in [-0.25, -0.2) is 4.98 Å². The van der Waals surface area contributed by atoms with Crippen LogP contribution in [-0.4, -0.2) is 42.2 Å². The molecule has 17 heavy (non-hydrogen) atoms. The minimum absolute atomic E-state index is 0.103. The van der Waals surface area contributed by atoms with Crippen molar-refractivity contribution in [2.45, 2.75) is 12.6 Å². The number of hydrogen-bond donors (Lipinski definition) is 1. The molecule has 1 saturated heterocycles. The van der Waals surface area contributed by atoms with E-state index in [0.29, 0.717) is 18.8 Å². The normalized spacial score (nSPS) is 21.1. The van der Waals surface area contributed by atoms with Gasteiger partial charge in [-0.1, -0.05) is 6.07 Å². The highest BCUT2D eigenvalue weighted by Crippen LogP contribution is 2.11. The predicted molar refractivity (Wildman–Crippen MR) is 63.0 cm³/mol. The summed E-state index contributed by atoms with van der Waals surface area (Å²) in [4.78, 5) is 6.31. The fourth-order valence-corrected chi connectivity index (χ4v) is 1.97. The highest BCUT2D eigenvalue weighted by Gasteiger charge is 2.19. The Bertz CT molecular complexity index is 415. The number of nitrogens with two attached hydrogens (primary N) is 1. The number of nitrogens with zero attached hydrogens (tertiary/aromatic N) is 3. The molecule has 2 N–H and O–H groups in total. The van der Waals surface area contributed by atoms with E-state index >= 15 is 0 Å². The molecule has 1 aliphatic heterocycles. The van der Waals surface area contributed by atoms with E-state index < -0.39 is 0 Å². The van der Waals surface area contributed by atoms with Crippen LogP contribution < -0.4 is 5.73 Å². The summed E-state index contributed by atoms with van der Waals surface area (Å²) in [5, 5.41) is 8.97. The van der Waals surface area contributed by atoms with E-state index in [1.54, 1.807) is 6.20 Å². The van der Waals surface area contributed by atoms with Gasteiger partial charge in [-0.2, -0.15) is 5.26 Å². The molecule has 2 heterocycles. The van der Waals surface area contributed by atoms with Crippen molar-refractivity contribution < 1.29 is 4.74 Å². The van der Waals surface area contributed by atoms with Gasteiger partial charge in [-0.05, 0) is 6.07 Å². The zero-order chi connectivity index (χ0) is 12.1. The molecule has 0 bridgehead atoms. The second-order valence-corrected chi connectivity index (χ2v) is 4.09. The summed E-state index contributed by atoms with van der Waals surface area (Å²) in [6.07, 6.45) is 1.75. The number of morpholine rings is 1. The molecule has 0 aliphatic carbocycles. The second-order valence-electron chi connectivity index (χ2n) is 4.09. The summed E-state index contributed by atoms with van der Waals surface area (Å²) in [7, 11) is 0. The lowest BCUT2D eigenvalue weighted by atomic mass is 10.1. The molecule has 1 atom stereocenters. The zero-order valence-electron chi connectivity index (χ0n) is 9.67. The SMILES string of the molecule is N#Cc1ncccc1CN1CCOC(CN)C1. The molecule has 0 radical (unpaired) electrons. The van der Waals surface area contributed by atoms with Gasteiger partial charge in [0.05, 0.1) is 12.7 Å². The molecule has 2 rings (SSSR count). The summed E-state index contributed by atoms with van der Waals surface area (Å²) in [5.41, 5.74) is 7.07. The maximum absolute atomic E-state index is 8.97. The van der Waals surface area contributed by atoms with Gasteiger partial charge in [0.1, 0.15) is 11.8 Å². The number of nitriles is 1. The quantitative estimate of drug-likeness (QED) is 0.800. The molecule has 1 unspecified atom stereocenters. The molecule has 0 spiro atoms. The maximum Gasteiger partial charge on any atom is 0.144 e. The third-order valence-electron chi connectivity index (χ3n) is 2.88. The zero-order valence-corrected chi connectivity index (χ0v) is 9.67. The Labute approximate surface area is 101 Å². The summed E-state index contributed by atoms with van der Waals surface area (Å²) in [6.45, 7) is 3.65.